The molecule has 8 nitrogen and oxygen atoms in total. The number of imidazole rings is 1. The molecule has 0 aliphatic carbocycles. The van der Waals surface area contributed by atoms with E-state index in [2.05, 4.69) is 41.6 Å². The molecule has 0 spiro atoms. The third-order valence-corrected chi connectivity index (χ3v) is 4.74. The maximum Gasteiger partial charge on any atom is 0.225 e. The number of anilines is 1. The second-order valence-corrected chi connectivity index (χ2v) is 6.63. The summed E-state index contributed by atoms with van der Waals surface area (Å²) in [7, 11) is 0. The summed E-state index contributed by atoms with van der Waals surface area (Å²) >= 11 is 0. The molecular weight excluding hydrogens is 467 g/mol. The van der Waals surface area contributed by atoms with Crippen molar-refractivity contribution in [1.82, 2.24) is 29.7 Å². The van der Waals surface area contributed by atoms with Gasteiger partial charge in [0.25, 0.3) is 0 Å². The molecule has 0 amide bonds. The minimum absolute atomic E-state index is 0. The van der Waals surface area contributed by atoms with Crippen LogP contribution >= 0.6 is 24.0 Å². The van der Waals surface area contributed by atoms with Gasteiger partial charge in [-0.15, -0.1) is 24.0 Å². The van der Waals surface area contributed by atoms with Crippen molar-refractivity contribution in [1.29, 1.82) is 0 Å². The van der Waals surface area contributed by atoms with Gasteiger partial charge < -0.3 is 19.7 Å². The van der Waals surface area contributed by atoms with Crippen molar-refractivity contribution in [3.8, 4) is 0 Å². The molecule has 1 saturated heterocycles. The minimum atomic E-state index is 0. The Morgan fingerprint density at radius 2 is 1.82 bits per heavy atom. The Morgan fingerprint density at radius 1 is 1.07 bits per heavy atom. The number of nitrogens with one attached hydrogen (secondary N) is 1. The molecule has 0 bridgehead atoms. The molecule has 0 aromatic carbocycles. The van der Waals surface area contributed by atoms with Crippen LogP contribution in [0.25, 0.3) is 0 Å². The van der Waals surface area contributed by atoms with Gasteiger partial charge in [0.15, 0.2) is 5.96 Å². The number of guanidine groups is 1. The summed E-state index contributed by atoms with van der Waals surface area (Å²) in [4.78, 5) is 22.4. The highest BCUT2D eigenvalue weighted by atomic mass is 127. The Hall–Kier alpha value is -1.91. The van der Waals surface area contributed by atoms with Crippen molar-refractivity contribution in [3.63, 3.8) is 0 Å². The summed E-state index contributed by atoms with van der Waals surface area (Å²) < 4.78 is 2.19. The topological polar surface area (TPSA) is 74.5 Å². The van der Waals surface area contributed by atoms with E-state index in [1.54, 1.807) is 12.4 Å². The molecule has 28 heavy (non-hydrogen) atoms. The third-order valence-electron chi connectivity index (χ3n) is 4.74. The molecule has 0 saturated carbocycles. The first kappa shape index (κ1) is 22.4. The molecule has 1 aliphatic heterocycles. The maximum atomic E-state index is 4.83. The number of piperazine rings is 1. The largest absolute Gasteiger partial charge is 0.357 e. The van der Waals surface area contributed by atoms with E-state index >= 15 is 0 Å². The summed E-state index contributed by atoms with van der Waals surface area (Å²) in [6, 6.07) is 1.85. The van der Waals surface area contributed by atoms with Crippen LogP contribution in [0.3, 0.4) is 0 Å². The molecule has 154 valence electrons. The van der Waals surface area contributed by atoms with Gasteiger partial charge in [-0.25, -0.2) is 15.0 Å². The quantitative estimate of drug-likeness (QED) is 0.273. The highest BCUT2D eigenvalue weighted by molar-refractivity contribution is 14.0. The first-order valence-corrected chi connectivity index (χ1v) is 9.81. The average Bonchev–Trinajstić information content (AvgIpc) is 3.12. The zero-order valence-electron chi connectivity index (χ0n) is 16.8. The number of aromatic nitrogens is 4. The summed E-state index contributed by atoms with van der Waals surface area (Å²) in [6.07, 6.45) is 9.68. The lowest BCUT2D eigenvalue weighted by molar-refractivity contribution is 0.370. The van der Waals surface area contributed by atoms with Crippen molar-refractivity contribution in [2.45, 2.75) is 33.2 Å². The smallest absolute Gasteiger partial charge is 0.225 e. The zero-order valence-corrected chi connectivity index (χ0v) is 19.1. The normalized spacial score (nSPS) is 14.7. The summed E-state index contributed by atoms with van der Waals surface area (Å²) in [5, 5.41) is 3.43. The number of hydrogen-bond acceptors (Lipinski definition) is 5. The van der Waals surface area contributed by atoms with Gasteiger partial charge in [0.05, 0.1) is 0 Å². The molecule has 1 N–H and O–H groups in total. The number of halogens is 1. The second kappa shape index (κ2) is 11.8. The van der Waals surface area contributed by atoms with Crippen LogP contribution in [-0.2, 0) is 6.54 Å². The van der Waals surface area contributed by atoms with Crippen molar-refractivity contribution < 1.29 is 0 Å². The first-order chi connectivity index (χ1) is 13.3. The Morgan fingerprint density at radius 3 is 2.46 bits per heavy atom. The third kappa shape index (κ3) is 6.32. The molecule has 3 heterocycles. The van der Waals surface area contributed by atoms with E-state index in [-0.39, 0.29) is 24.0 Å². The van der Waals surface area contributed by atoms with E-state index in [0.717, 1.165) is 76.4 Å². The van der Waals surface area contributed by atoms with Crippen LogP contribution in [0.1, 0.15) is 25.6 Å². The summed E-state index contributed by atoms with van der Waals surface area (Å²) in [6.45, 7) is 10.6. The molecule has 2 aromatic rings. The van der Waals surface area contributed by atoms with Gasteiger partial charge in [0.1, 0.15) is 5.82 Å². The van der Waals surface area contributed by atoms with E-state index in [1.165, 1.54) is 0 Å². The van der Waals surface area contributed by atoms with Crippen LogP contribution in [0, 0.1) is 6.92 Å². The van der Waals surface area contributed by atoms with Crippen molar-refractivity contribution >= 4 is 35.9 Å². The van der Waals surface area contributed by atoms with E-state index in [9.17, 15) is 0 Å². The second-order valence-electron chi connectivity index (χ2n) is 6.63. The average molecular weight is 498 g/mol. The van der Waals surface area contributed by atoms with Gasteiger partial charge >= 0.3 is 0 Å². The van der Waals surface area contributed by atoms with Gasteiger partial charge in [-0.1, -0.05) is 0 Å². The molecule has 3 rings (SSSR count). The molecule has 1 fully saturated rings. The summed E-state index contributed by atoms with van der Waals surface area (Å²) in [5.41, 5.74) is 0. The van der Waals surface area contributed by atoms with E-state index < -0.39 is 0 Å². The maximum absolute atomic E-state index is 4.83. The molecule has 2 aromatic heterocycles. The van der Waals surface area contributed by atoms with Gasteiger partial charge in [-0.05, 0) is 32.8 Å². The van der Waals surface area contributed by atoms with E-state index in [0.29, 0.717) is 0 Å². The van der Waals surface area contributed by atoms with Crippen LogP contribution in [0.2, 0.25) is 0 Å². The van der Waals surface area contributed by atoms with Gasteiger partial charge in [0.2, 0.25) is 5.95 Å². The Labute approximate surface area is 184 Å². The van der Waals surface area contributed by atoms with Crippen LogP contribution in [0.15, 0.2) is 35.8 Å². The molecular formula is C19H31IN8. The van der Waals surface area contributed by atoms with Crippen molar-refractivity contribution in [3.05, 3.63) is 36.7 Å². The van der Waals surface area contributed by atoms with E-state index in [1.807, 2.05) is 25.4 Å². The molecule has 0 radical (unpaired) electrons. The Bertz CT molecular complexity index is 710. The molecule has 1 aliphatic rings. The van der Waals surface area contributed by atoms with Crippen LogP contribution < -0.4 is 10.2 Å². The van der Waals surface area contributed by atoms with Crippen LogP contribution in [0.4, 0.5) is 5.95 Å². The zero-order chi connectivity index (χ0) is 18.9. The van der Waals surface area contributed by atoms with Crippen molar-refractivity contribution in [2.75, 3.05) is 44.2 Å². The Kier molecular flexibility index (Phi) is 9.45. The number of rotatable bonds is 7. The van der Waals surface area contributed by atoms with Crippen LogP contribution in [-0.4, -0.2) is 69.6 Å². The predicted molar refractivity (Wildman–Crippen MR) is 123 cm³/mol. The number of unbranched alkanes of at least 4 members (excludes halogenated alkanes) is 1. The Balaban J connectivity index is 0.00000280. The fourth-order valence-electron chi connectivity index (χ4n) is 3.22. The molecule has 0 atom stereocenters. The van der Waals surface area contributed by atoms with Gasteiger partial charge in [-0.2, -0.15) is 0 Å². The number of aryl methyl sites for hydroxylation is 2. The molecule has 0 unspecified atom stereocenters. The number of hydrogen-bond donors (Lipinski definition) is 1. The predicted octanol–water partition coefficient (Wildman–Crippen LogP) is 2.17. The number of nitrogens with zero attached hydrogens (tertiary/aromatic N) is 7. The highest BCUT2D eigenvalue weighted by Crippen LogP contribution is 2.10. The summed E-state index contributed by atoms with van der Waals surface area (Å²) in [5.74, 6) is 2.91. The SMILES string of the molecule is CCNC(=NCCCCn1ccnc1C)N1CCN(c2ncccn2)CC1.I. The lowest BCUT2D eigenvalue weighted by Crippen LogP contribution is -2.53. The minimum Gasteiger partial charge on any atom is -0.357 e. The molecule has 9 heteroatoms. The first-order valence-electron chi connectivity index (χ1n) is 9.81. The lowest BCUT2D eigenvalue weighted by Gasteiger charge is -2.36. The highest BCUT2D eigenvalue weighted by Gasteiger charge is 2.20. The fraction of sp³-hybridized carbons (Fsp3) is 0.579. The number of aliphatic imine (C=N–C) groups is 1. The van der Waals surface area contributed by atoms with Gasteiger partial charge in [0, 0.05) is 70.6 Å². The van der Waals surface area contributed by atoms with Crippen molar-refractivity contribution in [2.24, 2.45) is 4.99 Å². The lowest BCUT2D eigenvalue weighted by atomic mass is 10.3. The van der Waals surface area contributed by atoms with E-state index in [4.69, 9.17) is 4.99 Å². The standard InChI is InChI=1S/C19H30N8.HI/c1-3-20-18(22-7-4-5-11-25-12-10-21-17(25)2)26-13-15-27(16-14-26)19-23-8-6-9-24-19;/h6,8-10,12H,3-5,7,11,13-16H2,1-2H3,(H,20,22);1H. The van der Waals surface area contributed by atoms with Gasteiger partial charge in [-0.3, -0.25) is 4.99 Å². The fourth-order valence-corrected chi connectivity index (χ4v) is 3.22. The van der Waals surface area contributed by atoms with Crippen LogP contribution in [0.5, 0.6) is 0 Å². The monoisotopic (exact) mass is 498 g/mol.